The fourth-order valence-corrected chi connectivity index (χ4v) is 5.11. The largest absolute Gasteiger partial charge is 0.361 e. The molecule has 2 heterocycles. The lowest BCUT2D eigenvalue weighted by molar-refractivity contribution is -0.127. The van der Waals surface area contributed by atoms with Gasteiger partial charge < -0.3 is 15.2 Å². The minimum atomic E-state index is 0.0382. The highest BCUT2D eigenvalue weighted by Crippen LogP contribution is 2.44. The van der Waals surface area contributed by atoms with Crippen molar-refractivity contribution in [2.45, 2.75) is 31.2 Å². The predicted octanol–water partition coefficient (Wildman–Crippen LogP) is 2.75. The van der Waals surface area contributed by atoms with Gasteiger partial charge >= 0.3 is 0 Å². The van der Waals surface area contributed by atoms with Gasteiger partial charge in [0.2, 0.25) is 5.91 Å². The van der Waals surface area contributed by atoms with Crippen molar-refractivity contribution in [3.63, 3.8) is 0 Å². The summed E-state index contributed by atoms with van der Waals surface area (Å²) in [6.45, 7) is 7.36. The number of aromatic nitrogens is 1. The van der Waals surface area contributed by atoms with Crippen LogP contribution in [0.25, 0.3) is 10.9 Å². The molecule has 0 bridgehead atoms. The molecule has 1 fully saturated rings. The van der Waals surface area contributed by atoms with E-state index in [4.69, 9.17) is 0 Å². The molecular formula is C23H32N4O. The summed E-state index contributed by atoms with van der Waals surface area (Å²) in [7, 11) is 4.13. The third kappa shape index (κ3) is 3.61. The smallest absolute Gasteiger partial charge is 0.224 e. The first kappa shape index (κ1) is 19.2. The lowest BCUT2D eigenvalue weighted by Gasteiger charge is -2.46. The Balaban J connectivity index is 1.54. The molecule has 1 aromatic carbocycles. The molecular weight excluding hydrogens is 348 g/mol. The molecule has 0 saturated carbocycles. The molecule has 1 aromatic heterocycles. The average Bonchev–Trinajstić information content (AvgIpc) is 3.10. The summed E-state index contributed by atoms with van der Waals surface area (Å²) >= 11 is 0. The van der Waals surface area contributed by atoms with Crippen LogP contribution in [0.5, 0.6) is 0 Å². The number of rotatable bonds is 7. The molecule has 0 spiro atoms. The van der Waals surface area contributed by atoms with Gasteiger partial charge in [0.25, 0.3) is 0 Å². The van der Waals surface area contributed by atoms with Gasteiger partial charge in [0.05, 0.1) is 5.92 Å². The van der Waals surface area contributed by atoms with Crippen LogP contribution in [0.15, 0.2) is 37.1 Å². The standard InChI is InChI=1S/C23H32N4O/c1-4-10-27-15-17(23(28)24-9-6-11-26(2)3)12-19-18-7-5-8-20-22(18)16(14-25-20)13-21(19)27/h4-5,7-8,14,17,19,21,25H,1,6,9-13,15H2,2-3H3,(H,24,28). The Kier molecular flexibility index (Phi) is 5.56. The molecule has 5 heteroatoms. The summed E-state index contributed by atoms with van der Waals surface area (Å²) in [6.07, 6.45) is 7.11. The van der Waals surface area contributed by atoms with Gasteiger partial charge in [0.1, 0.15) is 0 Å². The molecule has 3 unspecified atom stereocenters. The normalized spacial score (nSPS) is 24.3. The van der Waals surface area contributed by atoms with Crippen molar-refractivity contribution in [2.24, 2.45) is 5.92 Å². The number of hydrogen-bond donors (Lipinski definition) is 2. The van der Waals surface area contributed by atoms with Gasteiger partial charge in [-0.15, -0.1) is 6.58 Å². The lowest BCUT2D eigenvalue weighted by atomic mass is 9.72. The summed E-state index contributed by atoms with van der Waals surface area (Å²) in [5, 5.41) is 4.56. The van der Waals surface area contributed by atoms with Gasteiger partial charge in [-0.2, -0.15) is 0 Å². The molecule has 2 aromatic rings. The summed E-state index contributed by atoms with van der Waals surface area (Å²) < 4.78 is 0. The van der Waals surface area contributed by atoms with E-state index in [2.05, 4.69) is 65.2 Å². The number of benzene rings is 1. The number of fused-ring (bicyclic) bond motifs is 2. The fraction of sp³-hybridized carbons (Fsp3) is 0.522. The van der Waals surface area contributed by atoms with Crippen molar-refractivity contribution in [2.75, 3.05) is 40.3 Å². The first-order valence-electron chi connectivity index (χ1n) is 10.4. The zero-order valence-electron chi connectivity index (χ0n) is 17.1. The zero-order valence-corrected chi connectivity index (χ0v) is 17.1. The van der Waals surface area contributed by atoms with E-state index in [0.29, 0.717) is 12.0 Å². The van der Waals surface area contributed by atoms with Crippen LogP contribution in [0.1, 0.15) is 29.9 Å². The summed E-state index contributed by atoms with van der Waals surface area (Å²) in [5.74, 6) is 0.646. The Morgan fingerprint density at radius 2 is 2.29 bits per heavy atom. The molecule has 1 aliphatic carbocycles. The number of carbonyl (C=O) groups is 1. The highest BCUT2D eigenvalue weighted by atomic mass is 16.1. The number of likely N-dealkylation sites (tertiary alicyclic amines) is 1. The van der Waals surface area contributed by atoms with Gasteiger partial charge in [0.15, 0.2) is 0 Å². The van der Waals surface area contributed by atoms with E-state index in [1.807, 2.05) is 6.08 Å². The molecule has 1 amide bonds. The van der Waals surface area contributed by atoms with Gasteiger partial charge in [-0.3, -0.25) is 9.69 Å². The molecule has 1 aliphatic heterocycles. The maximum Gasteiger partial charge on any atom is 0.224 e. The Labute approximate surface area is 167 Å². The predicted molar refractivity (Wildman–Crippen MR) is 115 cm³/mol. The average molecular weight is 381 g/mol. The molecule has 1 saturated heterocycles. The number of H-pyrrole nitrogens is 1. The van der Waals surface area contributed by atoms with Crippen LogP contribution < -0.4 is 5.32 Å². The van der Waals surface area contributed by atoms with E-state index in [0.717, 1.165) is 45.4 Å². The minimum absolute atomic E-state index is 0.0382. The molecule has 4 rings (SSSR count). The Morgan fingerprint density at radius 3 is 3.07 bits per heavy atom. The van der Waals surface area contributed by atoms with Crippen molar-refractivity contribution in [1.82, 2.24) is 20.1 Å². The van der Waals surface area contributed by atoms with Gasteiger partial charge in [-0.1, -0.05) is 18.2 Å². The van der Waals surface area contributed by atoms with E-state index in [-0.39, 0.29) is 11.8 Å². The minimum Gasteiger partial charge on any atom is -0.361 e. The van der Waals surface area contributed by atoms with Gasteiger partial charge in [0, 0.05) is 48.7 Å². The second-order valence-corrected chi connectivity index (χ2v) is 8.58. The molecule has 0 radical (unpaired) electrons. The summed E-state index contributed by atoms with van der Waals surface area (Å²) in [4.78, 5) is 21.0. The van der Waals surface area contributed by atoms with Crippen LogP contribution in [0.3, 0.4) is 0 Å². The second kappa shape index (κ2) is 8.10. The molecule has 150 valence electrons. The summed E-state index contributed by atoms with van der Waals surface area (Å²) in [6, 6.07) is 7.01. The number of hydrogen-bond acceptors (Lipinski definition) is 3. The lowest BCUT2D eigenvalue weighted by Crippen LogP contribution is -2.53. The highest BCUT2D eigenvalue weighted by Gasteiger charge is 2.42. The van der Waals surface area contributed by atoms with E-state index >= 15 is 0 Å². The summed E-state index contributed by atoms with van der Waals surface area (Å²) in [5.41, 5.74) is 4.04. The van der Waals surface area contributed by atoms with Gasteiger partial charge in [-0.25, -0.2) is 0 Å². The second-order valence-electron chi connectivity index (χ2n) is 8.58. The van der Waals surface area contributed by atoms with Crippen LogP contribution >= 0.6 is 0 Å². The van der Waals surface area contributed by atoms with E-state index in [9.17, 15) is 4.79 Å². The molecule has 5 nitrogen and oxygen atoms in total. The van der Waals surface area contributed by atoms with Crippen LogP contribution in [-0.2, 0) is 11.2 Å². The van der Waals surface area contributed by atoms with Crippen LogP contribution in [0, 0.1) is 5.92 Å². The van der Waals surface area contributed by atoms with Gasteiger partial charge in [-0.05, 0) is 57.1 Å². The Bertz CT molecular complexity index is 855. The monoisotopic (exact) mass is 380 g/mol. The third-order valence-electron chi connectivity index (χ3n) is 6.39. The Hall–Kier alpha value is -2.11. The quantitative estimate of drug-likeness (QED) is 0.574. The molecule has 28 heavy (non-hydrogen) atoms. The van der Waals surface area contributed by atoms with Crippen molar-refractivity contribution >= 4 is 16.8 Å². The number of piperidine rings is 1. The number of aromatic amines is 1. The SMILES string of the molecule is C=CCN1CC(C(=O)NCCCN(C)C)CC2c3cccc4[nH]cc(c34)CC21. The molecule has 2 aliphatic rings. The Morgan fingerprint density at radius 1 is 1.43 bits per heavy atom. The van der Waals surface area contributed by atoms with Crippen LogP contribution in [0.4, 0.5) is 0 Å². The zero-order chi connectivity index (χ0) is 19.7. The highest BCUT2D eigenvalue weighted by molar-refractivity contribution is 5.88. The number of nitrogens with zero attached hydrogens (tertiary/aromatic N) is 2. The van der Waals surface area contributed by atoms with Crippen molar-refractivity contribution in [1.29, 1.82) is 0 Å². The van der Waals surface area contributed by atoms with E-state index in [1.165, 1.54) is 22.0 Å². The number of nitrogens with one attached hydrogen (secondary N) is 2. The first-order chi connectivity index (χ1) is 13.6. The molecule has 3 atom stereocenters. The third-order valence-corrected chi connectivity index (χ3v) is 6.39. The maximum atomic E-state index is 12.9. The number of amides is 1. The maximum absolute atomic E-state index is 12.9. The van der Waals surface area contributed by atoms with Crippen LogP contribution in [-0.4, -0.2) is 67.0 Å². The van der Waals surface area contributed by atoms with Crippen molar-refractivity contribution in [3.8, 4) is 0 Å². The van der Waals surface area contributed by atoms with Crippen LogP contribution in [0.2, 0.25) is 0 Å². The van der Waals surface area contributed by atoms with E-state index in [1.54, 1.807) is 0 Å². The fourth-order valence-electron chi connectivity index (χ4n) is 5.11. The number of carbonyl (C=O) groups excluding carboxylic acids is 1. The molecule has 2 N–H and O–H groups in total. The van der Waals surface area contributed by atoms with E-state index < -0.39 is 0 Å². The van der Waals surface area contributed by atoms with Crippen molar-refractivity contribution in [3.05, 3.63) is 48.2 Å². The van der Waals surface area contributed by atoms with Crippen molar-refractivity contribution < 1.29 is 4.79 Å². The first-order valence-corrected chi connectivity index (χ1v) is 10.4. The topological polar surface area (TPSA) is 51.4 Å².